The number of nitrogens with one attached hydrogen (secondary N) is 1. The van der Waals surface area contributed by atoms with E-state index in [2.05, 4.69) is 25.6 Å². The van der Waals surface area contributed by atoms with Crippen molar-refractivity contribution >= 4 is 48.9 Å². The number of rotatable bonds is 4. The Morgan fingerprint density at radius 1 is 1.53 bits per heavy atom. The van der Waals surface area contributed by atoms with Crippen LogP contribution in [0.3, 0.4) is 0 Å². The zero-order chi connectivity index (χ0) is 14.0. The van der Waals surface area contributed by atoms with Crippen molar-refractivity contribution in [3.63, 3.8) is 0 Å². The van der Waals surface area contributed by atoms with Crippen LogP contribution >= 0.6 is 38.9 Å². The van der Waals surface area contributed by atoms with Gasteiger partial charge < -0.3 is 0 Å². The van der Waals surface area contributed by atoms with Gasteiger partial charge in [-0.1, -0.05) is 17.7 Å². The van der Waals surface area contributed by atoms with Gasteiger partial charge in [-0.15, -0.1) is 11.3 Å². The molecule has 0 saturated carbocycles. The molecule has 2 rings (SSSR count). The van der Waals surface area contributed by atoms with E-state index in [0.717, 1.165) is 16.9 Å². The maximum absolute atomic E-state index is 12.1. The third-order valence-corrected chi connectivity index (χ3v) is 6.78. The minimum absolute atomic E-state index is 0.155. The molecule has 0 fully saturated rings. The number of sulfonamides is 1. The minimum Gasteiger partial charge on any atom is -0.260 e. The molecular weight excluding hydrogens is 372 g/mol. The Hall–Kier alpha value is -0.470. The summed E-state index contributed by atoms with van der Waals surface area (Å²) in [5, 5.41) is 0.388. The van der Waals surface area contributed by atoms with Gasteiger partial charge in [-0.3, -0.25) is 4.98 Å². The summed E-state index contributed by atoms with van der Waals surface area (Å²) in [6.07, 6.45) is 1.63. The van der Waals surface area contributed by atoms with Crippen LogP contribution in [0.1, 0.15) is 11.3 Å². The lowest BCUT2D eigenvalue weighted by atomic mass is 10.2. The van der Waals surface area contributed by atoms with E-state index in [1.54, 1.807) is 6.20 Å². The van der Waals surface area contributed by atoms with E-state index in [-0.39, 0.29) is 10.8 Å². The summed E-state index contributed by atoms with van der Waals surface area (Å²) >= 11 is 10.1. The first-order valence-electron chi connectivity index (χ1n) is 5.25. The highest BCUT2D eigenvalue weighted by Gasteiger charge is 2.19. The van der Waals surface area contributed by atoms with E-state index >= 15 is 0 Å². The van der Waals surface area contributed by atoms with Crippen LogP contribution in [-0.2, 0) is 16.6 Å². The number of aryl methyl sites for hydroxylation is 1. The van der Waals surface area contributed by atoms with Crippen molar-refractivity contribution in [1.82, 2.24) is 9.71 Å². The van der Waals surface area contributed by atoms with Gasteiger partial charge in [0.1, 0.15) is 4.21 Å². The Morgan fingerprint density at radius 3 is 2.84 bits per heavy atom. The minimum atomic E-state index is -3.56. The molecule has 0 bridgehead atoms. The summed E-state index contributed by atoms with van der Waals surface area (Å²) in [7, 11) is -3.56. The number of hydrogen-bond donors (Lipinski definition) is 1. The van der Waals surface area contributed by atoms with E-state index in [9.17, 15) is 8.42 Å². The zero-order valence-electron chi connectivity index (χ0n) is 9.85. The fourth-order valence-corrected chi connectivity index (χ4v) is 4.83. The average molecular weight is 382 g/mol. The third-order valence-electron chi connectivity index (χ3n) is 2.43. The van der Waals surface area contributed by atoms with E-state index < -0.39 is 10.0 Å². The van der Waals surface area contributed by atoms with Crippen LogP contribution in [0.2, 0.25) is 5.02 Å². The van der Waals surface area contributed by atoms with Gasteiger partial charge in [0.25, 0.3) is 0 Å². The third kappa shape index (κ3) is 3.55. The molecule has 0 aliphatic rings. The Bertz CT molecular complexity index is 681. The molecule has 2 heterocycles. The number of pyridine rings is 1. The van der Waals surface area contributed by atoms with E-state index in [4.69, 9.17) is 11.6 Å². The molecule has 4 nitrogen and oxygen atoms in total. The van der Waals surface area contributed by atoms with E-state index in [0.29, 0.717) is 14.5 Å². The highest BCUT2D eigenvalue weighted by molar-refractivity contribution is 9.11. The van der Waals surface area contributed by atoms with Crippen molar-refractivity contribution in [2.24, 2.45) is 0 Å². The molecule has 2 aromatic rings. The first-order chi connectivity index (χ1) is 8.90. The molecule has 19 heavy (non-hydrogen) atoms. The molecule has 0 aromatic carbocycles. The smallest absolute Gasteiger partial charge is 0.250 e. The lowest BCUT2D eigenvalue weighted by Gasteiger charge is -2.06. The first-order valence-corrected chi connectivity index (χ1v) is 8.72. The van der Waals surface area contributed by atoms with Gasteiger partial charge in [-0.05, 0) is 40.5 Å². The van der Waals surface area contributed by atoms with Crippen LogP contribution in [0.15, 0.2) is 32.4 Å². The summed E-state index contributed by atoms with van der Waals surface area (Å²) < 4.78 is 27.4. The largest absolute Gasteiger partial charge is 0.260 e. The molecule has 0 aliphatic heterocycles. The van der Waals surface area contributed by atoms with E-state index in [1.165, 1.54) is 6.07 Å². The summed E-state index contributed by atoms with van der Waals surface area (Å²) in [5.41, 5.74) is 1.64. The Labute approximate surface area is 129 Å². The highest BCUT2D eigenvalue weighted by Crippen LogP contribution is 2.34. The van der Waals surface area contributed by atoms with Crippen molar-refractivity contribution in [3.8, 4) is 0 Å². The van der Waals surface area contributed by atoms with E-state index in [1.807, 2.05) is 19.1 Å². The van der Waals surface area contributed by atoms with Crippen molar-refractivity contribution < 1.29 is 8.42 Å². The molecule has 0 spiro atoms. The summed E-state index contributed by atoms with van der Waals surface area (Å²) in [6, 6.07) is 5.11. The Kier molecular flexibility index (Phi) is 4.62. The average Bonchev–Trinajstić information content (AvgIpc) is 2.70. The summed E-state index contributed by atoms with van der Waals surface area (Å²) in [5.74, 6) is 0. The number of aromatic nitrogens is 1. The SMILES string of the molecule is Cc1cccnc1CNS(=O)(=O)c1cc(Cl)c(Br)s1. The lowest BCUT2D eigenvalue weighted by Crippen LogP contribution is -2.23. The van der Waals surface area contributed by atoms with Crippen molar-refractivity contribution in [2.45, 2.75) is 17.7 Å². The molecule has 0 aliphatic carbocycles. The van der Waals surface area contributed by atoms with Gasteiger partial charge >= 0.3 is 0 Å². The molecule has 0 amide bonds. The molecule has 0 atom stereocenters. The van der Waals surface area contributed by atoms with Crippen molar-refractivity contribution in [1.29, 1.82) is 0 Å². The van der Waals surface area contributed by atoms with Gasteiger partial charge in [0, 0.05) is 6.20 Å². The molecule has 0 radical (unpaired) electrons. The maximum atomic E-state index is 12.1. The van der Waals surface area contributed by atoms with Crippen molar-refractivity contribution in [3.05, 3.63) is 44.5 Å². The number of hydrogen-bond acceptors (Lipinski definition) is 4. The second-order valence-corrected chi connectivity index (χ2v) is 8.55. The van der Waals surface area contributed by atoms with Gasteiger partial charge in [0.2, 0.25) is 10.0 Å². The van der Waals surface area contributed by atoms with Gasteiger partial charge in [-0.2, -0.15) is 0 Å². The quantitative estimate of drug-likeness (QED) is 0.883. The van der Waals surface area contributed by atoms with Gasteiger partial charge in [0.15, 0.2) is 0 Å². The topological polar surface area (TPSA) is 59.1 Å². The second kappa shape index (κ2) is 5.88. The fraction of sp³-hybridized carbons (Fsp3) is 0.182. The first kappa shape index (κ1) is 14.9. The molecule has 2 aromatic heterocycles. The fourth-order valence-electron chi connectivity index (χ4n) is 1.40. The van der Waals surface area contributed by atoms with Crippen LogP contribution in [-0.4, -0.2) is 13.4 Å². The molecule has 102 valence electrons. The Balaban J connectivity index is 2.17. The number of nitrogens with zero attached hydrogens (tertiary/aromatic N) is 1. The predicted molar refractivity (Wildman–Crippen MR) is 80.0 cm³/mol. The van der Waals surface area contributed by atoms with Crippen LogP contribution in [0, 0.1) is 6.92 Å². The van der Waals surface area contributed by atoms with Crippen molar-refractivity contribution in [2.75, 3.05) is 0 Å². The Morgan fingerprint density at radius 2 is 2.26 bits per heavy atom. The molecular formula is C11H10BrClN2O2S2. The standard InChI is InChI=1S/C11H10BrClN2O2S2/c1-7-3-2-4-14-9(7)6-15-19(16,17)10-5-8(13)11(12)18-10/h2-5,15H,6H2,1H3. The van der Waals surface area contributed by atoms with Crippen LogP contribution < -0.4 is 4.72 Å². The molecule has 0 saturated heterocycles. The lowest BCUT2D eigenvalue weighted by molar-refractivity contribution is 0.582. The summed E-state index contributed by atoms with van der Waals surface area (Å²) in [4.78, 5) is 4.14. The summed E-state index contributed by atoms with van der Waals surface area (Å²) in [6.45, 7) is 2.04. The van der Waals surface area contributed by atoms with Gasteiger partial charge in [-0.25, -0.2) is 13.1 Å². The number of thiophene rings is 1. The second-order valence-electron chi connectivity index (χ2n) is 3.78. The zero-order valence-corrected chi connectivity index (χ0v) is 13.8. The molecule has 0 unspecified atom stereocenters. The number of halogens is 2. The molecule has 1 N–H and O–H groups in total. The van der Waals surface area contributed by atoms with Crippen LogP contribution in [0.5, 0.6) is 0 Å². The van der Waals surface area contributed by atoms with Gasteiger partial charge in [0.05, 0.1) is 21.0 Å². The monoisotopic (exact) mass is 380 g/mol. The normalized spacial score (nSPS) is 11.7. The highest BCUT2D eigenvalue weighted by atomic mass is 79.9. The maximum Gasteiger partial charge on any atom is 0.250 e. The predicted octanol–water partition coefficient (Wildman–Crippen LogP) is 3.35. The molecule has 8 heteroatoms. The van der Waals surface area contributed by atoms with Crippen LogP contribution in [0.25, 0.3) is 0 Å². The van der Waals surface area contributed by atoms with Crippen LogP contribution in [0.4, 0.5) is 0 Å².